The fourth-order valence-electron chi connectivity index (χ4n) is 3.32. The van der Waals surface area contributed by atoms with Gasteiger partial charge in [-0.1, -0.05) is 11.6 Å². The van der Waals surface area contributed by atoms with Crippen molar-refractivity contribution in [2.24, 2.45) is 11.1 Å². The molecule has 9 nitrogen and oxygen atoms in total. The molecular weight excluding hydrogens is 392 g/mol. The maximum absolute atomic E-state index is 13.0. The highest BCUT2D eigenvalue weighted by Gasteiger charge is 2.27. The lowest BCUT2D eigenvalue weighted by Crippen LogP contribution is -2.20. The lowest BCUT2D eigenvalue weighted by Gasteiger charge is -2.15. The van der Waals surface area contributed by atoms with Gasteiger partial charge in [-0.05, 0) is 45.1 Å². The Morgan fingerprint density at radius 1 is 1.45 bits per heavy atom. The predicted octanol–water partition coefficient (Wildman–Crippen LogP) is 2.00. The van der Waals surface area contributed by atoms with Crippen molar-refractivity contribution in [3.05, 3.63) is 47.7 Å². The minimum atomic E-state index is -1.74. The molecule has 1 aliphatic carbocycles. The van der Waals surface area contributed by atoms with Crippen molar-refractivity contribution in [1.82, 2.24) is 19.7 Å². The second kappa shape index (κ2) is 9.86. The van der Waals surface area contributed by atoms with Gasteiger partial charge < -0.3 is 5.32 Å². The van der Waals surface area contributed by atoms with Gasteiger partial charge in [0.15, 0.2) is 0 Å². The zero-order chi connectivity index (χ0) is 20.8. The smallest absolute Gasteiger partial charge is 0.231 e. The maximum Gasteiger partial charge on any atom is 0.231 e. The van der Waals surface area contributed by atoms with E-state index in [0.29, 0.717) is 30.2 Å². The molecule has 0 spiro atoms. The highest BCUT2D eigenvalue weighted by Crippen LogP contribution is 2.29. The molecule has 156 valence electrons. The molecule has 2 heterocycles. The summed E-state index contributed by atoms with van der Waals surface area (Å²) < 4.78 is 17.6. The topological polar surface area (TPSA) is 125 Å². The van der Waals surface area contributed by atoms with Crippen LogP contribution in [0.4, 0.5) is 5.82 Å². The van der Waals surface area contributed by atoms with Gasteiger partial charge >= 0.3 is 0 Å². The minimum absolute atomic E-state index is 0.145. The highest BCUT2D eigenvalue weighted by atomic mass is 32.2. The van der Waals surface area contributed by atoms with E-state index < -0.39 is 11.3 Å². The van der Waals surface area contributed by atoms with Crippen molar-refractivity contribution < 1.29 is 13.2 Å². The second-order valence-electron chi connectivity index (χ2n) is 7.38. The SMILES string of the molecule is CC(C)=CCn1ccc(C(=O)c2cncnc2NC2CCC(COS(N)=O)C2)n1. The van der Waals surface area contributed by atoms with Crippen LogP contribution in [0.15, 0.2) is 36.4 Å². The molecule has 0 aromatic carbocycles. The molecule has 10 heteroatoms. The number of ketones is 1. The summed E-state index contributed by atoms with van der Waals surface area (Å²) >= 11 is -1.74. The van der Waals surface area contributed by atoms with Gasteiger partial charge in [0.2, 0.25) is 17.0 Å². The number of allylic oxidation sites excluding steroid dienone is 2. The normalized spacial score (nSPS) is 19.7. The number of aromatic nitrogens is 4. The van der Waals surface area contributed by atoms with Crippen LogP contribution in [-0.2, 0) is 22.0 Å². The number of hydrogen-bond donors (Lipinski definition) is 2. The Kier molecular flexibility index (Phi) is 7.24. The molecule has 3 N–H and O–H groups in total. The molecule has 2 aromatic heterocycles. The first-order chi connectivity index (χ1) is 13.9. The van der Waals surface area contributed by atoms with E-state index in [1.54, 1.807) is 16.9 Å². The van der Waals surface area contributed by atoms with Crippen LogP contribution in [0, 0.1) is 5.92 Å². The van der Waals surface area contributed by atoms with Gasteiger partial charge in [-0.3, -0.25) is 13.7 Å². The van der Waals surface area contributed by atoms with Crippen LogP contribution in [0.3, 0.4) is 0 Å². The Morgan fingerprint density at radius 2 is 2.28 bits per heavy atom. The fraction of sp³-hybridized carbons (Fsp3) is 0.474. The van der Waals surface area contributed by atoms with E-state index in [1.165, 1.54) is 18.1 Å². The number of carbonyl (C=O) groups is 1. The first-order valence-electron chi connectivity index (χ1n) is 9.50. The van der Waals surface area contributed by atoms with Crippen molar-refractivity contribution >= 4 is 22.9 Å². The monoisotopic (exact) mass is 418 g/mol. The summed E-state index contributed by atoms with van der Waals surface area (Å²) in [5.41, 5.74) is 1.94. The molecular formula is C19H26N6O3S. The number of anilines is 1. The van der Waals surface area contributed by atoms with Gasteiger partial charge in [-0.15, -0.1) is 0 Å². The van der Waals surface area contributed by atoms with Crippen LogP contribution in [0.1, 0.15) is 49.2 Å². The first kappa shape index (κ1) is 21.3. The fourth-order valence-corrected chi connectivity index (χ4v) is 3.65. The minimum Gasteiger partial charge on any atom is -0.367 e. The number of hydrogen-bond acceptors (Lipinski definition) is 7. The number of carbonyl (C=O) groups excluding carboxylic acids is 1. The third-order valence-corrected chi connectivity index (χ3v) is 5.19. The number of nitrogens with one attached hydrogen (secondary N) is 1. The summed E-state index contributed by atoms with van der Waals surface area (Å²) in [5, 5.41) is 12.9. The van der Waals surface area contributed by atoms with Crippen LogP contribution < -0.4 is 10.5 Å². The quantitative estimate of drug-likeness (QED) is 0.471. The molecule has 3 rings (SSSR count). The first-order valence-corrected chi connectivity index (χ1v) is 10.6. The Labute approximate surface area is 172 Å². The number of nitrogens with two attached hydrogens (primary N) is 1. The second-order valence-corrected chi connectivity index (χ2v) is 8.14. The third-order valence-electron chi connectivity index (χ3n) is 4.82. The van der Waals surface area contributed by atoms with Crippen molar-refractivity contribution in [3.8, 4) is 0 Å². The standard InChI is InChI=1S/C19H26N6O3S/c1-13(2)5-7-25-8-6-17(24-25)18(26)16-10-21-12-22-19(16)23-15-4-3-14(9-15)11-28-29(20)27/h5-6,8,10,12,14-15H,3-4,7,9,11,20H2,1-2H3,(H,21,22,23). The van der Waals surface area contributed by atoms with Gasteiger partial charge in [-0.25, -0.2) is 19.3 Å². The van der Waals surface area contributed by atoms with E-state index in [1.807, 2.05) is 19.9 Å². The van der Waals surface area contributed by atoms with E-state index in [9.17, 15) is 9.00 Å². The van der Waals surface area contributed by atoms with Gasteiger partial charge in [-0.2, -0.15) is 5.10 Å². The van der Waals surface area contributed by atoms with Crippen LogP contribution in [-0.4, -0.2) is 42.4 Å². The van der Waals surface area contributed by atoms with E-state index >= 15 is 0 Å². The Morgan fingerprint density at radius 3 is 3.03 bits per heavy atom. The molecule has 3 unspecified atom stereocenters. The van der Waals surface area contributed by atoms with Gasteiger partial charge in [0.1, 0.15) is 17.8 Å². The number of rotatable bonds is 9. The van der Waals surface area contributed by atoms with E-state index in [2.05, 4.69) is 20.4 Å². The Hall–Kier alpha value is -2.43. The van der Waals surface area contributed by atoms with Gasteiger partial charge in [0, 0.05) is 18.4 Å². The summed E-state index contributed by atoms with van der Waals surface area (Å²) in [4.78, 5) is 21.2. The van der Waals surface area contributed by atoms with Crippen LogP contribution in [0.2, 0.25) is 0 Å². The molecule has 1 saturated carbocycles. The van der Waals surface area contributed by atoms with Crippen molar-refractivity contribution in [2.45, 2.75) is 45.7 Å². The predicted molar refractivity (Wildman–Crippen MR) is 110 cm³/mol. The van der Waals surface area contributed by atoms with E-state index in [-0.39, 0.29) is 17.7 Å². The average Bonchev–Trinajstić information content (AvgIpc) is 3.34. The molecule has 0 bridgehead atoms. The zero-order valence-corrected chi connectivity index (χ0v) is 17.4. The van der Waals surface area contributed by atoms with Crippen molar-refractivity contribution in [3.63, 3.8) is 0 Å². The molecule has 0 aliphatic heterocycles. The van der Waals surface area contributed by atoms with Crippen LogP contribution in [0.5, 0.6) is 0 Å². The summed E-state index contributed by atoms with van der Waals surface area (Å²) in [6.45, 7) is 5.01. The lowest BCUT2D eigenvalue weighted by atomic mass is 10.1. The maximum atomic E-state index is 13.0. The lowest BCUT2D eigenvalue weighted by molar-refractivity contribution is 0.103. The largest absolute Gasteiger partial charge is 0.367 e. The van der Waals surface area contributed by atoms with Crippen LogP contribution in [0.25, 0.3) is 0 Å². The summed E-state index contributed by atoms with van der Waals surface area (Å²) in [5.74, 6) is 0.546. The number of nitrogens with zero attached hydrogens (tertiary/aromatic N) is 4. The van der Waals surface area contributed by atoms with Crippen molar-refractivity contribution in [2.75, 3.05) is 11.9 Å². The third kappa shape index (κ3) is 6.02. The Balaban J connectivity index is 1.67. The van der Waals surface area contributed by atoms with Crippen LogP contribution >= 0.6 is 0 Å². The van der Waals surface area contributed by atoms with E-state index in [4.69, 9.17) is 9.32 Å². The average molecular weight is 419 g/mol. The molecule has 29 heavy (non-hydrogen) atoms. The molecule has 0 saturated heterocycles. The molecule has 0 radical (unpaired) electrons. The summed E-state index contributed by atoms with van der Waals surface area (Å²) in [6.07, 6.45) is 9.41. The van der Waals surface area contributed by atoms with Gasteiger partial charge in [0.05, 0.1) is 18.7 Å². The Bertz CT molecular complexity index is 909. The molecule has 2 aromatic rings. The van der Waals surface area contributed by atoms with Gasteiger partial charge in [0.25, 0.3) is 0 Å². The summed E-state index contributed by atoms with van der Waals surface area (Å²) in [6, 6.07) is 1.85. The molecule has 3 atom stereocenters. The molecule has 0 amide bonds. The highest BCUT2D eigenvalue weighted by molar-refractivity contribution is 7.77. The van der Waals surface area contributed by atoms with E-state index in [0.717, 1.165) is 19.3 Å². The molecule has 1 fully saturated rings. The molecule has 1 aliphatic rings. The van der Waals surface area contributed by atoms with Crippen molar-refractivity contribution in [1.29, 1.82) is 0 Å². The summed E-state index contributed by atoms with van der Waals surface area (Å²) in [7, 11) is 0. The zero-order valence-electron chi connectivity index (χ0n) is 16.6.